The van der Waals surface area contributed by atoms with Crippen molar-refractivity contribution < 1.29 is 13.2 Å². The van der Waals surface area contributed by atoms with E-state index in [4.69, 9.17) is 0 Å². The number of hydrogen-bond donors (Lipinski definition) is 1. The minimum atomic E-state index is -3.65. The summed E-state index contributed by atoms with van der Waals surface area (Å²) in [5.41, 5.74) is 0.135. The Morgan fingerprint density at radius 1 is 1.00 bits per heavy atom. The summed E-state index contributed by atoms with van der Waals surface area (Å²) in [5, 5.41) is 0.225. The zero-order chi connectivity index (χ0) is 20.6. The van der Waals surface area contributed by atoms with Gasteiger partial charge in [0.2, 0.25) is 15.5 Å². The summed E-state index contributed by atoms with van der Waals surface area (Å²) in [5.74, 6) is -0.314. The van der Waals surface area contributed by atoms with Gasteiger partial charge in [-0.2, -0.15) is 4.31 Å². The lowest BCUT2D eigenvalue weighted by Gasteiger charge is -2.32. The first-order chi connectivity index (χ1) is 13.9. The molecule has 1 aromatic heterocycles. The number of pyridine rings is 1. The predicted molar refractivity (Wildman–Crippen MR) is 111 cm³/mol. The predicted octanol–water partition coefficient (Wildman–Crippen LogP) is 1.09. The monoisotopic (exact) mass is 418 g/mol. The number of carbonyl (C=O) groups excluding carboxylic acids is 1. The highest BCUT2D eigenvalue weighted by Crippen LogP contribution is 2.23. The molecule has 2 aliphatic rings. The van der Waals surface area contributed by atoms with Crippen molar-refractivity contribution in [3.05, 3.63) is 40.2 Å². The van der Waals surface area contributed by atoms with Crippen LogP contribution in [0, 0.1) is 0 Å². The maximum atomic E-state index is 13.0. The molecule has 2 aliphatic heterocycles. The van der Waals surface area contributed by atoms with Gasteiger partial charge in [-0.3, -0.25) is 9.59 Å². The van der Waals surface area contributed by atoms with Gasteiger partial charge < -0.3 is 14.8 Å². The number of rotatable bonds is 3. The Morgan fingerprint density at radius 2 is 1.69 bits per heavy atom. The van der Waals surface area contributed by atoms with Crippen LogP contribution in [0.5, 0.6) is 0 Å². The van der Waals surface area contributed by atoms with E-state index in [-0.39, 0.29) is 21.8 Å². The molecule has 8 nitrogen and oxygen atoms in total. The number of nitrogens with zero attached hydrogens (tertiary/aromatic N) is 3. The van der Waals surface area contributed by atoms with Crippen LogP contribution in [0.25, 0.3) is 10.9 Å². The number of nitrogens with one attached hydrogen (secondary N) is 1. The molecule has 2 fully saturated rings. The molecule has 3 heterocycles. The minimum absolute atomic E-state index is 0.0505. The van der Waals surface area contributed by atoms with Crippen molar-refractivity contribution in [3.63, 3.8) is 0 Å². The van der Waals surface area contributed by atoms with Crippen LogP contribution in [-0.4, -0.2) is 79.7 Å². The van der Waals surface area contributed by atoms with Gasteiger partial charge in [-0.05, 0) is 38.1 Å². The Hall–Kier alpha value is -2.23. The molecule has 0 atom stereocenters. The number of piperazine rings is 1. The molecule has 29 heavy (non-hydrogen) atoms. The molecule has 0 radical (unpaired) electrons. The standard InChI is InChI=1S/C20H26N4O4S/c1-22-9-11-23(12-10-22)20(26)17-14-21-18-6-5-15(13-16(18)19(17)25)29(27,28)24-7-3-2-4-8-24/h5-6,13-14H,2-4,7-12H2,1H3,(H,21,25). The number of benzene rings is 1. The third-order valence-electron chi connectivity index (χ3n) is 5.83. The number of sulfonamides is 1. The van der Waals surface area contributed by atoms with Crippen molar-refractivity contribution in [2.75, 3.05) is 46.3 Å². The second-order valence-electron chi connectivity index (χ2n) is 7.80. The number of likely N-dealkylation sites (N-methyl/N-ethyl adjacent to an activating group) is 1. The first-order valence-electron chi connectivity index (χ1n) is 10.0. The maximum absolute atomic E-state index is 13.0. The summed E-state index contributed by atoms with van der Waals surface area (Å²) in [6.07, 6.45) is 4.15. The van der Waals surface area contributed by atoms with Crippen molar-refractivity contribution in [3.8, 4) is 0 Å². The van der Waals surface area contributed by atoms with Crippen LogP contribution in [0.3, 0.4) is 0 Å². The summed E-state index contributed by atoms with van der Waals surface area (Å²) in [6.45, 7) is 3.65. The van der Waals surface area contributed by atoms with Gasteiger partial charge in [-0.25, -0.2) is 8.42 Å². The average molecular weight is 419 g/mol. The second kappa shape index (κ2) is 7.89. The van der Waals surface area contributed by atoms with Gasteiger partial charge in [-0.1, -0.05) is 6.42 Å². The zero-order valence-electron chi connectivity index (χ0n) is 16.6. The number of fused-ring (bicyclic) bond motifs is 1. The van der Waals surface area contributed by atoms with Crippen molar-refractivity contribution >= 4 is 26.8 Å². The SMILES string of the molecule is CN1CCN(C(=O)c2c[nH]c3ccc(S(=O)(=O)N4CCCCC4)cc3c2=O)CC1. The quantitative estimate of drug-likeness (QED) is 0.805. The Kier molecular flexibility index (Phi) is 5.46. The van der Waals surface area contributed by atoms with Gasteiger partial charge in [0.15, 0.2) is 0 Å². The van der Waals surface area contributed by atoms with E-state index in [9.17, 15) is 18.0 Å². The van der Waals surface area contributed by atoms with Crippen LogP contribution < -0.4 is 5.43 Å². The fourth-order valence-electron chi connectivity index (χ4n) is 3.95. The molecule has 0 spiro atoms. The van der Waals surface area contributed by atoms with E-state index in [0.717, 1.165) is 32.4 Å². The average Bonchev–Trinajstić information content (AvgIpc) is 2.74. The fraction of sp³-hybridized carbons (Fsp3) is 0.500. The molecule has 0 unspecified atom stereocenters. The highest BCUT2D eigenvalue weighted by atomic mass is 32.2. The van der Waals surface area contributed by atoms with Crippen LogP contribution in [-0.2, 0) is 10.0 Å². The van der Waals surface area contributed by atoms with Gasteiger partial charge in [0.05, 0.1) is 4.90 Å². The Balaban J connectivity index is 1.70. The Bertz CT molecular complexity index is 1080. The molecule has 1 aromatic carbocycles. The molecule has 156 valence electrons. The topological polar surface area (TPSA) is 93.8 Å². The summed E-state index contributed by atoms with van der Waals surface area (Å²) < 4.78 is 27.4. The van der Waals surface area contributed by atoms with Crippen LogP contribution in [0.2, 0.25) is 0 Å². The van der Waals surface area contributed by atoms with Gasteiger partial charge in [0.1, 0.15) is 5.56 Å². The first kappa shape index (κ1) is 20.1. The van der Waals surface area contributed by atoms with E-state index >= 15 is 0 Å². The lowest BCUT2D eigenvalue weighted by atomic mass is 10.1. The number of piperidine rings is 1. The smallest absolute Gasteiger partial charge is 0.259 e. The maximum Gasteiger partial charge on any atom is 0.259 e. The van der Waals surface area contributed by atoms with Crippen LogP contribution in [0.4, 0.5) is 0 Å². The Labute approximate surface area is 170 Å². The molecular formula is C20H26N4O4S. The lowest BCUT2D eigenvalue weighted by Crippen LogP contribution is -2.48. The molecular weight excluding hydrogens is 392 g/mol. The highest BCUT2D eigenvalue weighted by Gasteiger charge is 2.27. The third kappa shape index (κ3) is 3.82. The molecule has 4 rings (SSSR count). The summed E-state index contributed by atoms with van der Waals surface area (Å²) in [6, 6.07) is 4.51. The van der Waals surface area contributed by atoms with Crippen molar-refractivity contribution in [2.24, 2.45) is 0 Å². The van der Waals surface area contributed by atoms with Gasteiger partial charge >= 0.3 is 0 Å². The zero-order valence-corrected chi connectivity index (χ0v) is 17.4. The minimum Gasteiger partial charge on any atom is -0.360 e. The van der Waals surface area contributed by atoms with Gasteiger partial charge in [0, 0.05) is 56.4 Å². The lowest BCUT2D eigenvalue weighted by molar-refractivity contribution is 0.0662. The van der Waals surface area contributed by atoms with Crippen LogP contribution >= 0.6 is 0 Å². The largest absolute Gasteiger partial charge is 0.360 e. The van der Waals surface area contributed by atoms with E-state index in [1.54, 1.807) is 11.0 Å². The second-order valence-corrected chi connectivity index (χ2v) is 9.74. The molecule has 2 aromatic rings. The normalized spacial score (nSPS) is 19.6. The third-order valence-corrected chi connectivity index (χ3v) is 7.72. The van der Waals surface area contributed by atoms with E-state index < -0.39 is 15.5 Å². The van der Waals surface area contributed by atoms with Crippen molar-refractivity contribution in [1.29, 1.82) is 0 Å². The summed E-state index contributed by atoms with van der Waals surface area (Å²) >= 11 is 0. The van der Waals surface area contributed by atoms with E-state index in [1.807, 2.05) is 7.05 Å². The van der Waals surface area contributed by atoms with Crippen molar-refractivity contribution in [1.82, 2.24) is 19.1 Å². The highest BCUT2D eigenvalue weighted by molar-refractivity contribution is 7.89. The Morgan fingerprint density at radius 3 is 2.38 bits per heavy atom. The van der Waals surface area contributed by atoms with E-state index in [2.05, 4.69) is 9.88 Å². The first-order valence-corrected chi connectivity index (χ1v) is 11.5. The van der Waals surface area contributed by atoms with Crippen LogP contribution in [0.15, 0.2) is 34.1 Å². The summed E-state index contributed by atoms with van der Waals surface area (Å²) in [4.78, 5) is 32.8. The molecule has 1 amide bonds. The number of hydrogen-bond acceptors (Lipinski definition) is 5. The van der Waals surface area contributed by atoms with Gasteiger partial charge in [0.25, 0.3) is 5.91 Å². The van der Waals surface area contributed by atoms with E-state index in [0.29, 0.717) is 31.7 Å². The molecule has 2 saturated heterocycles. The number of carbonyl (C=O) groups is 1. The van der Waals surface area contributed by atoms with Crippen LogP contribution in [0.1, 0.15) is 29.6 Å². The van der Waals surface area contributed by atoms with Crippen molar-refractivity contribution in [2.45, 2.75) is 24.2 Å². The number of aromatic nitrogens is 1. The summed E-state index contributed by atoms with van der Waals surface area (Å²) in [7, 11) is -1.66. The molecule has 9 heteroatoms. The molecule has 0 saturated carbocycles. The van der Waals surface area contributed by atoms with Gasteiger partial charge in [-0.15, -0.1) is 0 Å². The molecule has 1 N–H and O–H groups in total. The molecule has 0 aliphatic carbocycles. The van der Waals surface area contributed by atoms with E-state index in [1.165, 1.54) is 22.6 Å². The number of amides is 1. The number of aromatic amines is 1. The molecule has 0 bridgehead atoms. The fourth-order valence-corrected chi connectivity index (χ4v) is 5.50. The number of H-pyrrole nitrogens is 1.